The Kier molecular flexibility index (Phi) is 4.66. The maximum absolute atomic E-state index is 12.3. The molecule has 0 N–H and O–H groups in total. The summed E-state index contributed by atoms with van der Waals surface area (Å²) in [7, 11) is 0. The molecule has 1 atom stereocenters. The predicted octanol–water partition coefficient (Wildman–Crippen LogP) is 3.47. The predicted molar refractivity (Wildman–Crippen MR) is 94.7 cm³/mol. The fraction of sp³-hybridized carbons (Fsp3) is 0.389. The van der Waals surface area contributed by atoms with Crippen molar-refractivity contribution in [2.75, 3.05) is 11.5 Å². The summed E-state index contributed by atoms with van der Waals surface area (Å²) >= 11 is 1.64. The van der Waals surface area contributed by atoms with Crippen LogP contribution in [0.2, 0.25) is 0 Å². The van der Waals surface area contributed by atoms with Crippen LogP contribution >= 0.6 is 11.3 Å². The van der Waals surface area contributed by atoms with Crippen molar-refractivity contribution in [1.82, 2.24) is 4.98 Å². The molecule has 6 heteroatoms. The molecule has 1 aliphatic heterocycles. The van der Waals surface area contributed by atoms with Crippen LogP contribution in [0.15, 0.2) is 23.6 Å². The van der Waals surface area contributed by atoms with E-state index >= 15 is 0 Å². The van der Waals surface area contributed by atoms with E-state index in [-0.39, 0.29) is 18.3 Å². The summed E-state index contributed by atoms with van der Waals surface area (Å²) in [6, 6.07) is 5.16. The van der Waals surface area contributed by atoms with E-state index in [0.717, 1.165) is 29.1 Å². The Morgan fingerprint density at radius 1 is 1.46 bits per heavy atom. The highest BCUT2D eigenvalue weighted by Gasteiger charge is 2.31. The van der Waals surface area contributed by atoms with Gasteiger partial charge in [-0.05, 0) is 44.9 Å². The molecular formula is C18H20N2O3S. The van der Waals surface area contributed by atoms with Gasteiger partial charge in [0.1, 0.15) is 5.75 Å². The minimum Gasteiger partial charge on any atom is -0.482 e. The maximum atomic E-state index is 12.3. The van der Waals surface area contributed by atoms with E-state index in [1.54, 1.807) is 18.3 Å². The van der Waals surface area contributed by atoms with Gasteiger partial charge in [-0.25, -0.2) is 4.98 Å². The van der Waals surface area contributed by atoms with E-state index < -0.39 is 6.04 Å². The first-order valence-corrected chi connectivity index (χ1v) is 8.93. The molecule has 1 aromatic carbocycles. The van der Waals surface area contributed by atoms with Gasteiger partial charge < -0.3 is 4.74 Å². The Morgan fingerprint density at radius 2 is 2.25 bits per heavy atom. The molecule has 0 fully saturated rings. The number of rotatable bonds is 5. The standard InChI is InChI=1S/C18H20N2O3S/c1-4-5-17-19-14(10-24-17)13-6-7-16-15(8-13)20(11(2)12(3)21)18(22)9-23-16/h6-8,10-11H,4-5,9H2,1-3H3. The van der Waals surface area contributed by atoms with Crippen molar-refractivity contribution in [1.29, 1.82) is 0 Å². The summed E-state index contributed by atoms with van der Waals surface area (Å²) in [4.78, 5) is 30.2. The molecule has 0 spiro atoms. The van der Waals surface area contributed by atoms with Gasteiger partial charge in [-0.2, -0.15) is 0 Å². The van der Waals surface area contributed by atoms with Gasteiger partial charge in [0.15, 0.2) is 12.4 Å². The van der Waals surface area contributed by atoms with Crippen LogP contribution < -0.4 is 9.64 Å². The highest BCUT2D eigenvalue weighted by Crippen LogP contribution is 2.37. The SMILES string of the molecule is CCCc1nc(-c2ccc3c(c2)N(C(C)C(C)=O)C(=O)CO3)cs1. The van der Waals surface area contributed by atoms with Crippen LogP contribution in [-0.2, 0) is 16.0 Å². The zero-order valence-electron chi connectivity index (χ0n) is 14.0. The molecule has 5 nitrogen and oxygen atoms in total. The zero-order chi connectivity index (χ0) is 17.3. The van der Waals surface area contributed by atoms with E-state index in [1.807, 2.05) is 23.6 Å². The number of ether oxygens (including phenoxy) is 1. The first-order valence-electron chi connectivity index (χ1n) is 8.05. The molecule has 3 rings (SSSR count). The average molecular weight is 344 g/mol. The van der Waals surface area contributed by atoms with Crippen LogP contribution in [-0.4, -0.2) is 29.3 Å². The zero-order valence-corrected chi connectivity index (χ0v) is 14.9. The molecule has 0 bridgehead atoms. The number of benzene rings is 1. The van der Waals surface area contributed by atoms with Gasteiger partial charge in [-0.1, -0.05) is 6.92 Å². The Morgan fingerprint density at radius 3 is 2.96 bits per heavy atom. The van der Waals surface area contributed by atoms with Crippen LogP contribution in [0.25, 0.3) is 11.3 Å². The lowest BCUT2D eigenvalue weighted by atomic mass is 10.1. The summed E-state index contributed by atoms with van der Waals surface area (Å²) in [5, 5.41) is 3.13. The second-order valence-corrected chi connectivity index (χ2v) is 6.84. The van der Waals surface area contributed by atoms with Crippen molar-refractivity contribution in [3.63, 3.8) is 0 Å². The number of amides is 1. The second kappa shape index (κ2) is 6.73. The fourth-order valence-electron chi connectivity index (χ4n) is 2.71. The topological polar surface area (TPSA) is 59.5 Å². The number of nitrogens with zero attached hydrogens (tertiary/aromatic N) is 2. The van der Waals surface area contributed by atoms with E-state index in [1.165, 1.54) is 11.8 Å². The van der Waals surface area contributed by atoms with Gasteiger partial charge in [-0.3, -0.25) is 14.5 Å². The Bertz CT molecular complexity index is 784. The molecule has 0 saturated heterocycles. The van der Waals surface area contributed by atoms with Gasteiger partial charge in [0.05, 0.1) is 22.4 Å². The summed E-state index contributed by atoms with van der Waals surface area (Å²) in [5.74, 6) is 0.364. The van der Waals surface area contributed by atoms with Crippen molar-refractivity contribution in [3.8, 4) is 17.0 Å². The summed E-state index contributed by atoms with van der Waals surface area (Å²) in [6.07, 6.45) is 2.02. The Hall–Kier alpha value is -2.21. The number of carbonyl (C=O) groups is 2. The van der Waals surface area contributed by atoms with Crippen molar-refractivity contribution in [3.05, 3.63) is 28.6 Å². The highest BCUT2D eigenvalue weighted by molar-refractivity contribution is 7.09. The van der Waals surface area contributed by atoms with Crippen molar-refractivity contribution in [2.24, 2.45) is 0 Å². The molecule has 0 radical (unpaired) electrons. The smallest absolute Gasteiger partial charge is 0.265 e. The van der Waals surface area contributed by atoms with Crippen LogP contribution in [0, 0.1) is 0 Å². The molecule has 1 aliphatic rings. The monoisotopic (exact) mass is 344 g/mol. The normalized spacial score (nSPS) is 15.0. The van der Waals surface area contributed by atoms with Gasteiger partial charge in [-0.15, -0.1) is 11.3 Å². The minimum absolute atomic E-state index is 0.0404. The van der Waals surface area contributed by atoms with Crippen LogP contribution in [0.1, 0.15) is 32.2 Å². The van der Waals surface area contributed by atoms with E-state index in [9.17, 15) is 9.59 Å². The third-order valence-corrected chi connectivity index (χ3v) is 5.03. The molecular weight excluding hydrogens is 324 g/mol. The quantitative estimate of drug-likeness (QED) is 0.833. The van der Waals surface area contributed by atoms with Gasteiger partial charge in [0.2, 0.25) is 0 Å². The lowest BCUT2D eigenvalue weighted by Crippen LogP contribution is -2.47. The van der Waals surface area contributed by atoms with Crippen molar-refractivity contribution < 1.29 is 14.3 Å². The van der Waals surface area contributed by atoms with E-state index in [2.05, 4.69) is 11.9 Å². The number of anilines is 1. The fourth-order valence-corrected chi connectivity index (χ4v) is 3.62. The number of hydrogen-bond acceptors (Lipinski definition) is 5. The first-order chi connectivity index (χ1) is 11.5. The lowest BCUT2D eigenvalue weighted by Gasteiger charge is -2.33. The first kappa shape index (κ1) is 16.6. The number of thiazole rings is 1. The molecule has 2 heterocycles. The second-order valence-electron chi connectivity index (χ2n) is 5.90. The van der Waals surface area contributed by atoms with Gasteiger partial charge in [0, 0.05) is 10.9 Å². The molecule has 2 aromatic rings. The highest BCUT2D eigenvalue weighted by atomic mass is 32.1. The number of aryl methyl sites for hydroxylation is 1. The molecule has 1 amide bonds. The Balaban J connectivity index is 2.01. The van der Waals surface area contributed by atoms with Gasteiger partial charge in [0.25, 0.3) is 5.91 Å². The largest absolute Gasteiger partial charge is 0.482 e. The number of hydrogen-bond donors (Lipinski definition) is 0. The maximum Gasteiger partial charge on any atom is 0.265 e. The molecule has 24 heavy (non-hydrogen) atoms. The number of fused-ring (bicyclic) bond motifs is 1. The third kappa shape index (κ3) is 3.06. The van der Waals surface area contributed by atoms with Crippen LogP contribution in [0.3, 0.4) is 0 Å². The number of Topliss-reactive ketones (excluding diaryl/α,β-unsaturated/α-hetero) is 1. The minimum atomic E-state index is -0.513. The van der Waals surface area contributed by atoms with E-state index in [4.69, 9.17) is 4.74 Å². The third-order valence-electron chi connectivity index (χ3n) is 4.13. The van der Waals surface area contributed by atoms with Crippen molar-refractivity contribution in [2.45, 2.75) is 39.7 Å². The number of aromatic nitrogens is 1. The van der Waals surface area contributed by atoms with Crippen LogP contribution in [0.5, 0.6) is 5.75 Å². The average Bonchev–Trinajstić information content (AvgIpc) is 3.02. The lowest BCUT2D eigenvalue weighted by molar-refractivity contribution is -0.125. The summed E-state index contributed by atoms with van der Waals surface area (Å²) < 4.78 is 5.51. The molecule has 0 aliphatic carbocycles. The molecule has 126 valence electrons. The molecule has 0 saturated carbocycles. The van der Waals surface area contributed by atoms with E-state index in [0.29, 0.717) is 11.4 Å². The number of carbonyl (C=O) groups excluding carboxylic acids is 2. The van der Waals surface area contributed by atoms with Crippen molar-refractivity contribution >= 4 is 28.7 Å². The molecule has 1 unspecified atom stereocenters. The summed E-state index contributed by atoms with van der Waals surface area (Å²) in [5.41, 5.74) is 2.45. The molecule has 1 aromatic heterocycles. The van der Waals surface area contributed by atoms with Crippen LogP contribution in [0.4, 0.5) is 5.69 Å². The number of ketones is 1. The summed E-state index contributed by atoms with van der Waals surface area (Å²) in [6.45, 7) is 5.32. The Labute approximate surface area is 145 Å². The van der Waals surface area contributed by atoms with Gasteiger partial charge >= 0.3 is 0 Å².